The fourth-order valence-electron chi connectivity index (χ4n) is 2.73. The molecule has 0 bridgehead atoms. The van der Waals surface area contributed by atoms with Crippen LogP contribution in [0.25, 0.3) is 0 Å². The van der Waals surface area contributed by atoms with E-state index >= 15 is 0 Å². The van der Waals surface area contributed by atoms with Gasteiger partial charge in [-0.15, -0.1) is 0 Å². The molecule has 0 heterocycles. The highest BCUT2D eigenvalue weighted by atomic mass is 35.5. The highest BCUT2D eigenvalue weighted by Crippen LogP contribution is 2.23. The lowest BCUT2D eigenvalue weighted by Gasteiger charge is -2.33. The van der Waals surface area contributed by atoms with Gasteiger partial charge in [0.05, 0.1) is 0 Å². The van der Waals surface area contributed by atoms with Gasteiger partial charge in [0, 0.05) is 24.7 Å². The number of hydrogen-bond donors (Lipinski definition) is 1. The van der Waals surface area contributed by atoms with Crippen LogP contribution in [0.15, 0.2) is 24.3 Å². The summed E-state index contributed by atoms with van der Waals surface area (Å²) in [6, 6.07) is 8.47. The monoisotopic (exact) mass is 310 g/mol. The van der Waals surface area contributed by atoms with E-state index in [0.717, 1.165) is 16.7 Å². The maximum absolute atomic E-state index is 5.90. The molecule has 0 spiro atoms. The molecule has 0 radical (unpaired) electrons. The molecular formula is C16H23ClN2S. The van der Waals surface area contributed by atoms with Crippen molar-refractivity contribution in [2.75, 3.05) is 7.05 Å². The van der Waals surface area contributed by atoms with Crippen LogP contribution in [0.1, 0.15) is 38.2 Å². The van der Waals surface area contributed by atoms with Crippen molar-refractivity contribution >= 4 is 28.9 Å². The number of rotatable bonds is 3. The molecule has 1 aromatic rings. The number of thiocarbonyl (C=S) groups is 1. The molecule has 0 aromatic heterocycles. The molecule has 1 saturated carbocycles. The zero-order valence-electron chi connectivity index (χ0n) is 12.2. The molecule has 1 aromatic carbocycles. The van der Waals surface area contributed by atoms with E-state index in [1.165, 1.54) is 31.2 Å². The SMILES string of the molecule is C[C@@H]1CCCC[C@H]1NC(=S)N(C)Cc1ccc(Cl)cc1. The van der Waals surface area contributed by atoms with Gasteiger partial charge in [0.25, 0.3) is 0 Å². The second-order valence-electron chi connectivity index (χ2n) is 5.80. The second-order valence-corrected chi connectivity index (χ2v) is 6.62. The topological polar surface area (TPSA) is 15.3 Å². The summed E-state index contributed by atoms with van der Waals surface area (Å²) in [6.07, 6.45) is 5.20. The largest absolute Gasteiger partial charge is 0.360 e. The standard InChI is InChI=1S/C16H23ClN2S/c1-12-5-3-4-6-15(12)18-16(20)19(2)11-13-7-9-14(17)10-8-13/h7-10,12,15H,3-6,11H2,1-2H3,(H,18,20)/t12-,15-/m1/s1. The minimum atomic E-state index is 0.531. The molecule has 110 valence electrons. The molecule has 1 fully saturated rings. The first kappa shape index (κ1) is 15.6. The Morgan fingerprint density at radius 3 is 2.60 bits per heavy atom. The normalized spacial score (nSPS) is 22.4. The Hall–Kier alpha value is -0.800. The van der Waals surface area contributed by atoms with E-state index < -0.39 is 0 Å². The lowest BCUT2D eigenvalue weighted by molar-refractivity contribution is 0.300. The van der Waals surface area contributed by atoms with E-state index in [9.17, 15) is 0 Å². The molecule has 0 amide bonds. The van der Waals surface area contributed by atoms with Gasteiger partial charge in [0.2, 0.25) is 0 Å². The zero-order chi connectivity index (χ0) is 14.5. The quantitative estimate of drug-likeness (QED) is 0.841. The van der Waals surface area contributed by atoms with E-state index in [1.807, 2.05) is 31.3 Å². The Morgan fingerprint density at radius 2 is 1.95 bits per heavy atom. The van der Waals surface area contributed by atoms with Crippen molar-refractivity contribution in [3.8, 4) is 0 Å². The van der Waals surface area contributed by atoms with Crippen LogP contribution in [0, 0.1) is 5.92 Å². The van der Waals surface area contributed by atoms with E-state index in [4.69, 9.17) is 23.8 Å². The van der Waals surface area contributed by atoms with Gasteiger partial charge >= 0.3 is 0 Å². The average molecular weight is 311 g/mol. The summed E-state index contributed by atoms with van der Waals surface area (Å²) < 4.78 is 0. The van der Waals surface area contributed by atoms with E-state index in [1.54, 1.807) is 0 Å². The Bertz CT molecular complexity index is 446. The van der Waals surface area contributed by atoms with Crippen molar-refractivity contribution < 1.29 is 0 Å². The number of halogens is 1. The molecule has 2 rings (SSSR count). The van der Waals surface area contributed by atoms with Gasteiger partial charge < -0.3 is 10.2 Å². The van der Waals surface area contributed by atoms with Crippen LogP contribution < -0.4 is 5.32 Å². The van der Waals surface area contributed by atoms with Crippen molar-refractivity contribution in [2.45, 2.75) is 45.2 Å². The van der Waals surface area contributed by atoms with E-state index in [-0.39, 0.29) is 0 Å². The van der Waals surface area contributed by atoms with Gasteiger partial charge in [-0.2, -0.15) is 0 Å². The average Bonchev–Trinajstić information content (AvgIpc) is 2.44. The summed E-state index contributed by atoms with van der Waals surface area (Å²) in [7, 11) is 2.04. The second kappa shape index (κ2) is 7.28. The first-order chi connectivity index (χ1) is 9.56. The minimum Gasteiger partial charge on any atom is -0.360 e. The zero-order valence-corrected chi connectivity index (χ0v) is 13.8. The fraction of sp³-hybridized carbons (Fsp3) is 0.562. The van der Waals surface area contributed by atoms with E-state index in [0.29, 0.717) is 12.0 Å². The highest BCUT2D eigenvalue weighted by molar-refractivity contribution is 7.80. The molecule has 2 nitrogen and oxygen atoms in total. The summed E-state index contributed by atoms with van der Waals surface area (Å²) in [4.78, 5) is 2.10. The van der Waals surface area contributed by atoms with E-state index in [2.05, 4.69) is 17.1 Å². The third-order valence-corrected chi connectivity index (χ3v) is 4.78. The van der Waals surface area contributed by atoms with Crippen LogP contribution >= 0.6 is 23.8 Å². The Labute approximate surface area is 132 Å². The van der Waals surface area contributed by atoms with Gasteiger partial charge in [-0.3, -0.25) is 0 Å². The Kier molecular flexibility index (Phi) is 5.67. The third kappa shape index (κ3) is 4.35. The molecule has 0 saturated heterocycles. The van der Waals surface area contributed by atoms with Gasteiger partial charge in [-0.25, -0.2) is 0 Å². The van der Waals surface area contributed by atoms with Crippen LogP contribution in [0.2, 0.25) is 5.02 Å². The molecular weight excluding hydrogens is 288 g/mol. The lowest BCUT2D eigenvalue weighted by Crippen LogP contribution is -2.46. The van der Waals surface area contributed by atoms with Crippen molar-refractivity contribution in [2.24, 2.45) is 5.92 Å². The first-order valence-corrected chi connectivity index (χ1v) is 8.11. The molecule has 1 N–H and O–H groups in total. The number of benzene rings is 1. The number of nitrogens with one attached hydrogen (secondary N) is 1. The summed E-state index contributed by atoms with van der Waals surface area (Å²) in [5.74, 6) is 0.714. The maximum Gasteiger partial charge on any atom is 0.169 e. The van der Waals surface area contributed by atoms with Gasteiger partial charge in [-0.05, 0) is 48.7 Å². The van der Waals surface area contributed by atoms with Crippen LogP contribution in [0.5, 0.6) is 0 Å². The van der Waals surface area contributed by atoms with Crippen molar-refractivity contribution in [1.82, 2.24) is 10.2 Å². The van der Waals surface area contributed by atoms with Crippen LogP contribution in [-0.2, 0) is 6.54 Å². The smallest absolute Gasteiger partial charge is 0.169 e. The van der Waals surface area contributed by atoms with Crippen molar-refractivity contribution in [3.63, 3.8) is 0 Å². The Balaban J connectivity index is 1.86. The number of hydrogen-bond acceptors (Lipinski definition) is 1. The number of nitrogens with zero attached hydrogens (tertiary/aromatic N) is 1. The lowest BCUT2D eigenvalue weighted by atomic mass is 9.86. The molecule has 4 heteroatoms. The maximum atomic E-state index is 5.90. The van der Waals surface area contributed by atoms with Crippen LogP contribution in [-0.4, -0.2) is 23.1 Å². The van der Waals surface area contributed by atoms with Crippen LogP contribution in [0.3, 0.4) is 0 Å². The summed E-state index contributed by atoms with van der Waals surface area (Å²) in [5, 5.41) is 5.15. The fourth-order valence-corrected chi connectivity index (χ4v) is 3.08. The predicted octanol–water partition coefficient (Wildman–Crippen LogP) is 4.23. The van der Waals surface area contributed by atoms with Gasteiger partial charge in [0.1, 0.15) is 0 Å². The van der Waals surface area contributed by atoms with Crippen molar-refractivity contribution in [1.29, 1.82) is 0 Å². The molecule has 2 atom stereocenters. The molecule has 1 aliphatic rings. The van der Waals surface area contributed by atoms with Crippen molar-refractivity contribution in [3.05, 3.63) is 34.9 Å². The van der Waals surface area contributed by atoms with Gasteiger partial charge in [-0.1, -0.05) is 43.5 Å². The highest BCUT2D eigenvalue weighted by Gasteiger charge is 2.22. The minimum absolute atomic E-state index is 0.531. The Morgan fingerprint density at radius 1 is 1.30 bits per heavy atom. The molecule has 1 aliphatic carbocycles. The summed E-state index contributed by atoms with van der Waals surface area (Å²) >= 11 is 11.4. The molecule has 20 heavy (non-hydrogen) atoms. The summed E-state index contributed by atoms with van der Waals surface area (Å²) in [5.41, 5.74) is 1.22. The summed E-state index contributed by atoms with van der Waals surface area (Å²) in [6.45, 7) is 3.13. The predicted molar refractivity (Wildman–Crippen MR) is 90.1 cm³/mol. The molecule has 0 unspecified atom stereocenters. The van der Waals surface area contributed by atoms with Crippen LogP contribution in [0.4, 0.5) is 0 Å². The third-order valence-electron chi connectivity index (χ3n) is 4.10. The van der Waals surface area contributed by atoms with Gasteiger partial charge in [0.15, 0.2) is 5.11 Å². The molecule has 0 aliphatic heterocycles. The first-order valence-electron chi connectivity index (χ1n) is 7.32.